The van der Waals surface area contributed by atoms with Gasteiger partial charge in [0.1, 0.15) is 0 Å². The van der Waals surface area contributed by atoms with Crippen LogP contribution in [0.2, 0.25) is 0 Å². The molecule has 8 nitrogen and oxygen atoms in total. The standard InChI is InChI=1S/C12H21N3O5/c16-10(15-6-8-20-9-7-15)3-5-14-12(19)13-4-1-2-11(17)18/h1-9H2,(H,17,18)(H2,13,14,19). The number of carbonyl (C=O) groups excluding carboxylic acids is 2. The highest BCUT2D eigenvalue weighted by Crippen LogP contribution is 1.99. The number of carboxylic acids is 1. The van der Waals surface area contributed by atoms with Crippen molar-refractivity contribution in [1.29, 1.82) is 0 Å². The molecule has 0 bridgehead atoms. The summed E-state index contributed by atoms with van der Waals surface area (Å²) in [6.45, 7) is 2.88. The predicted molar refractivity (Wildman–Crippen MR) is 70.3 cm³/mol. The zero-order valence-electron chi connectivity index (χ0n) is 11.4. The number of rotatable bonds is 7. The van der Waals surface area contributed by atoms with Gasteiger partial charge in [0.25, 0.3) is 0 Å². The fourth-order valence-electron chi connectivity index (χ4n) is 1.76. The number of carboxylic acid groups (broad SMARTS) is 1. The first kappa shape index (κ1) is 16.2. The molecule has 0 aromatic rings. The lowest BCUT2D eigenvalue weighted by Crippen LogP contribution is -2.43. The molecule has 0 aliphatic carbocycles. The van der Waals surface area contributed by atoms with Crippen molar-refractivity contribution in [2.45, 2.75) is 19.3 Å². The summed E-state index contributed by atoms with van der Waals surface area (Å²) >= 11 is 0. The fraction of sp³-hybridized carbons (Fsp3) is 0.750. The van der Waals surface area contributed by atoms with E-state index >= 15 is 0 Å². The molecule has 0 saturated carbocycles. The Morgan fingerprint density at radius 2 is 1.70 bits per heavy atom. The molecule has 8 heteroatoms. The Labute approximate surface area is 117 Å². The van der Waals surface area contributed by atoms with Crippen molar-refractivity contribution in [2.24, 2.45) is 0 Å². The summed E-state index contributed by atoms with van der Waals surface area (Å²) in [5.74, 6) is -0.886. The number of nitrogens with one attached hydrogen (secondary N) is 2. The first-order valence-electron chi connectivity index (χ1n) is 6.68. The van der Waals surface area contributed by atoms with Crippen LogP contribution in [0.1, 0.15) is 19.3 Å². The molecule has 0 aromatic heterocycles. The summed E-state index contributed by atoms with van der Waals surface area (Å²) in [5, 5.41) is 13.5. The minimum absolute atomic E-state index is 0.000484. The van der Waals surface area contributed by atoms with Crippen LogP contribution in [-0.2, 0) is 14.3 Å². The second kappa shape index (κ2) is 9.13. The molecular formula is C12H21N3O5. The molecule has 20 heavy (non-hydrogen) atoms. The van der Waals surface area contributed by atoms with E-state index in [1.54, 1.807) is 4.90 Å². The van der Waals surface area contributed by atoms with Gasteiger partial charge in [-0.15, -0.1) is 0 Å². The summed E-state index contributed by atoms with van der Waals surface area (Å²) in [4.78, 5) is 35.1. The highest BCUT2D eigenvalue weighted by molar-refractivity contribution is 5.78. The van der Waals surface area contributed by atoms with E-state index in [0.717, 1.165) is 0 Å². The minimum Gasteiger partial charge on any atom is -0.481 e. The molecular weight excluding hydrogens is 266 g/mol. The van der Waals surface area contributed by atoms with Crippen LogP contribution in [0.4, 0.5) is 4.79 Å². The van der Waals surface area contributed by atoms with E-state index in [9.17, 15) is 14.4 Å². The van der Waals surface area contributed by atoms with Crippen LogP contribution in [0.15, 0.2) is 0 Å². The summed E-state index contributed by atoms with van der Waals surface area (Å²) < 4.78 is 5.15. The molecule has 1 aliphatic heterocycles. The Bertz CT molecular complexity index is 342. The highest BCUT2D eigenvalue weighted by Gasteiger charge is 2.16. The smallest absolute Gasteiger partial charge is 0.314 e. The van der Waals surface area contributed by atoms with Crippen LogP contribution in [0, 0.1) is 0 Å². The van der Waals surface area contributed by atoms with Gasteiger partial charge in [-0.05, 0) is 6.42 Å². The van der Waals surface area contributed by atoms with Gasteiger partial charge >= 0.3 is 12.0 Å². The summed E-state index contributed by atoms with van der Waals surface area (Å²) in [7, 11) is 0. The molecule has 1 aliphatic rings. The van der Waals surface area contributed by atoms with Crippen molar-refractivity contribution < 1.29 is 24.2 Å². The third-order valence-electron chi connectivity index (χ3n) is 2.84. The predicted octanol–water partition coefficient (Wildman–Crippen LogP) is -0.601. The molecule has 1 rings (SSSR count). The SMILES string of the molecule is O=C(O)CCCNC(=O)NCCC(=O)N1CCOCC1. The molecule has 114 valence electrons. The Balaban J connectivity index is 2.03. The van der Waals surface area contributed by atoms with Gasteiger partial charge in [-0.3, -0.25) is 9.59 Å². The maximum absolute atomic E-state index is 11.7. The van der Waals surface area contributed by atoms with Crippen LogP contribution in [-0.4, -0.2) is 67.3 Å². The third kappa shape index (κ3) is 6.93. The topological polar surface area (TPSA) is 108 Å². The Hall–Kier alpha value is -1.83. The normalized spacial score (nSPS) is 14.7. The molecule has 0 unspecified atom stereocenters. The summed E-state index contributed by atoms with van der Waals surface area (Å²) in [5.41, 5.74) is 0. The average Bonchev–Trinajstić information content (AvgIpc) is 2.44. The number of nitrogens with zero attached hydrogens (tertiary/aromatic N) is 1. The van der Waals surface area contributed by atoms with Crippen molar-refractivity contribution in [2.75, 3.05) is 39.4 Å². The number of hydrogen-bond acceptors (Lipinski definition) is 4. The van der Waals surface area contributed by atoms with Crippen molar-refractivity contribution >= 4 is 17.9 Å². The van der Waals surface area contributed by atoms with E-state index in [4.69, 9.17) is 9.84 Å². The maximum Gasteiger partial charge on any atom is 0.314 e. The van der Waals surface area contributed by atoms with Gasteiger partial charge in [0.05, 0.1) is 13.2 Å². The second-order valence-electron chi connectivity index (χ2n) is 4.42. The lowest BCUT2D eigenvalue weighted by Gasteiger charge is -2.26. The van der Waals surface area contributed by atoms with Gasteiger partial charge in [0, 0.05) is 39.0 Å². The molecule has 0 atom stereocenters. The lowest BCUT2D eigenvalue weighted by atomic mass is 10.3. The number of ether oxygens (including phenoxy) is 1. The Morgan fingerprint density at radius 1 is 1.05 bits per heavy atom. The number of carbonyl (C=O) groups is 3. The molecule has 1 fully saturated rings. The van der Waals surface area contributed by atoms with E-state index in [1.807, 2.05) is 0 Å². The lowest BCUT2D eigenvalue weighted by molar-refractivity contribution is -0.137. The highest BCUT2D eigenvalue weighted by atomic mass is 16.5. The Kier molecular flexibility index (Phi) is 7.41. The van der Waals surface area contributed by atoms with Crippen molar-refractivity contribution in [3.05, 3.63) is 0 Å². The van der Waals surface area contributed by atoms with Gasteiger partial charge in [0.2, 0.25) is 5.91 Å². The van der Waals surface area contributed by atoms with Gasteiger partial charge in [-0.2, -0.15) is 0 Å². The maximum atomic E-state index is 11.7. The van der Waals surface area contributed by atoms with Gasteiger partial charge < -0.3 is 25.4 Å². The van der Waals surface area contributed by atoms with Crippen molar-refractivity contribution in [3.63, 3.8) is 0 Å². The summed E-state index contributed by atoms with van der Waals surface area (Å²) in [6, 6.07) is -0.384. The van der Waals surface area contributed by atoms with E-state index < -0.39 is 5.97 Å². The zero-order valence-corrected chi connectivity index (χ0v) is 11.4. The number of morpholine rings is 1. The first-order valence-corrected chi connectivity index (χ1v) is 6.68. The number of aliphatic carboxylic acids is 1. The monoisotopic (exact) mass is 287 g/mol. The van der Waals surface area contributed by atoms with Gasteiger partial charge in [0.15, 0.2) is 0 Å². The summed E-state index contributed by atoms with van der Waals surface area (Å²) in [6.07, 6.45) is 0.661. The van der Waals surface area contributed by atoms with Crippen LogP contribution in [0.3, 0.4) is 0 Å². The van der Waals surface area contributed by atoms with E-state index in [1.165, 1.54) is 0 Å². The van der Waals surface area contributed by atoms with Crippen molar-refractivity contribution in [1.82, 2.24) is 15.5 Å². The van der Waals surface area contributed by atoms with Crippen LogP contribution in [0.5, 0.6) is 0 Å². The first-order chi connectivity index (χ1) is 9.59. The molecule has 3 amide bonds. The third-order valence-corrected chi connectivity index (χ3v) is 2.84. The number of hydrogen-bond donors (Lipinski definition) is 3. The van der Waals surface area contributed by atoms with E-state index in [0.29, 0.717) is 39.3 Å². The molecule has 0 spiro atoms. The van der Waals surface area contributed by atoms with Gasteiger partial charge in [-0.25, -0.2) is 4.79 Å². The van der Waals surface area contributed by atoms with Crippen LogP contribution in [0.25, 0.3) is 0 Å². The van der Waals surface area contributed by atoms with E-state index in [-0.39, 0.29) is 31.3 Å². The fourth-order valence-corrected chi connectivity index (χ4v) is 1.76. The molecule has 0 aromatic carbocycles. The average molecular weight is 287 g/mol. The Morgan fingerprint density at radius 3 is 2.35 bits per heavy atom. The quantitative estimate of drug-likeness (QED) is 0.542. The number of urea groups is 1. The van der Waals surface area contributed by atoms with E-state index in [2.05, 4.69) is 10.6 Å². The minimum atomic E-state index is -0.886. The molecule has 1 saturated heterocycles. The number of amides is 3. The van der Waals surface area contributed by atoms with Gasteiger partial charge in [-0.1, -0.05) is 0 Å². The van der Waals surface area contributed by atoms with Crippen LogP contribution >= 0.6 is 0 Å². The van der Waals surface area contributed by atoms with Crippen LogP contribution < -0.4 is 10.6 Å². The zero-order chi connectivity index (χ0) is 14.8. The molecule has 3 N–H and O–H groups in total. The molecule has 0 radical (unpaired) electrons. The molecule has 1 heterocycles. The van der Waals surface area contributed by atoms with Crippen molar-refractivity contribution in [3.8, 4) is 0 Å². The second-order valence-corrected chi connectivity index (χ2v) is 4.42. The largest absolute Gasteiger partial charge is 0.481 e.